The van der Waals surface area contributed by atoms with Crippen LogP contribution in [-0.2, 0) is 33.2 Å². The molecule has 1 saturated carbocycles. The number of aromatic nitrogens is 3. The number of carbonyl (C=O) groups excluding carboxylic acids is 4. The number of benzene rings is 1. The van der Waals surface area contributed by atoms with E-state index in [4.69, 9.17) is 54.7 Å². The second kappa shape index (κ2) is 16.8. The fourth-order valence-electron chi connectivity index (χ4n) is 5.37. The van der Waals surface area contributed by atoms with Crippen molar-refractivity contribution in [2.75, 3.05) is 23.9 Å². The van der Waals surface area contributed by atoms with Crippen molar-refractivity contribution in [3.63, 3.8) is 0 Å². The Morgan fingerprint density at radius 2 is 1.30 bits per heavy atom. The topological polar surface area (TPSA) is 187 Å². The molecule has 0 unspecified atom stereocenters. The van der Waals surface area contributed by atoms with Crippen molar-refractivity contribution in [2.24, 2.45) is 5.92 Å². The zero-order valence-electron chi connectivity index (χ0n) is 34.1. The smallest absolute Gasteiger partial charge is 0.443 e. The fraction of sp³-hybridized carbons (Fsp3) is 0.605. The number of amides is 1. The summed E-state index contributed by atoms with van der Waals surface area (Å²) < 4.78 is 40.0. The van der Waals surface area contributed by atoms with Gasteiger partial charge in [-0.3, -0.25) is 0 Å². The van der Waals surface area contributed by atoms with E-state index in [9.17, 15) is 19.2 Å². The molecule has 1 N–H and O–H groups in total. The Hall–Kier alpha value is -4.64. The minimum atomic E-state index is -1.28. The quantitative estimate of drug-likeness (QED) is 0.129. The van der Waals surface area contributed by atoms with Crippen LogP contribution in [0.5, 0.6) is 0 Å². The van der Waals surface area contributed by atoms with Gasteiger partial charge in [-0.1, -0.05) is 23.7 Å². The molecule has 1 aliphatic carbocycles. The Kier molecular flexibility index (Phi) is 13.3. The molecule has 1 amide bonds. The maximum absolute atomic E-state index is 13.3. The van der Waals surface area contributed by atoms with Crippen LogP contribution in [0.25, 0.3) is 20.8 Å². The van der Waals surface area contributed by atoms with Crippen molar-refractivity contribution in [2.45, 2.75) is 130 Å². The monoisotopic (exact) mass is 821 g/mol. The number of halogens is 1. The van der Waals surface area contributed by atoms with E-state index < -0.39 is 71.1 Å². The first-order chi connectivity index (χ1) is 25.7. The minimum absolute atomic E-state index is 0.0547. The predicted octanol–water partition coefficient (Wildman–Crippen LogP) is 9.17. The number of fused-ring (bicyclic) bond motifs is 1. The van der Waals surface area contributed by atoms with Gasteiger partial charge in [0.2, 0.25) is 5.95 Å². The Morgan fingerprint density at radius 3 is 1.86 bits per heavy atom. The van der Waals surface area contributed by atoms with Gasteiger partial charge in [-0.15, -0.1) is 11.3 Å². The molecule has 3 aromatic rings. The third-order valence-corrected chi connectivity index (χ3v) is 8.77. The number of para-hydroxylation sites is 1. The molecule has 0 spiro atoms. The van der Waals surface area contributed by atoms with E-state index in [0.29, 0.717) is 10.5 Å². The van der Waals surface area contributed by atoms with Gasteiger partial charge in [0.1, 0.15) is 45.0 Å². The SMILES string of the molecule is CN(C(=O)OC(C)(C)C)c1nc(Cl)c(-c2nc3ccccc3s2)c(N[C@@H]2C[C@H](COC(=O)OC(C)(C)C)[C@@H](OC(=O)OC(C)(C)C)[C@H]2OC(=O)OC(C)(C)C)n1. The van der Waals surface area contributed by atoms with E-state index in [1.165, 1.54) is 18.4 Å². The first kappa shape index (κ1) is 44.1. The molecule has 4 rings (SSSR count). The predicted molar refractivity (Wildman–Crippen MR) is 210 cm³/mol. The number of hydrogen-bond acceptors (Lipinski definition) is 16. The molecule has 0 radical (unpaired) electrons. The first-order valence-electron chi connectivity index (χ1n) is 18.0. The number of hydrogen-bond donors (Lipinski definition) is 1. The minimum Gasteiger partial charge on any atom is -0.443 e. The van der Waals surface area contributed by atoms with Crippen molar-refractivity contribution >= 4 is 69.5 Å². The van der Waals surface area contributed by atoms with Crippen molar-refractivity contribution < 1.29 is 52.3 Å². The summed E-state index contributed by atoms with van der Waals surface area (Å²) in [5, 5.41) is 3.71. The highest BCUT2D eigenvalue weighted by molar-refractivity contribution is 7.21. The lowest BCUT2D eigenvalue weighted by Crippen LogP contribution is -2.44. The van der Waals surface area contributed by atoms with E-state index in [2.05, 4.69) is 10.3 Å². The molecule has 2 heterocycles. The molecular formula is C38H52ClN5O11S. The Morgan fingerprint density at radius 1 is 0.768 bits per heavy atom. The molecule has 1 fully saturated rings. The molecule has 4 atom stereocenters. The number of thiazole rings is 1. The Bertz CT molecular complexity index is 1880. The average molecular weight is 822 g/mol. The fourth-order valence-corrected chi connectivity index (χ4v) is 6.69. The molecular weight excluding hydrogens is 770 g/mol. The van der Waals surface area contributed by atoms with Crippen molar-refractivity contribution in [3.8, 4) is 10.6 Å². The van der Waals surface area contributed by atoms with Gasteiger partial charge in [-0.2, -0.15) is 9.97 Å². The zero-order chi connectivity index (χ0) is 42.0. The molecule has 308 valence electrons. The van der Waals surface area contributed by atoms with Crippen LogP contribution in [0.2, 0.25) is 5.15 Å². The summed E-state index contributed by atoms with van der Waals surface area (Å²) in [6.07, 6.45) is -6.27. The summed E-state index contributed by atoms with van der Waals surface area (Å²) in [5.41, 5.74) is -2.57. The number of rotatable bonds is 8. The van der Waals surface area contributed by atoms with E-state index in [1.807, 2.05) is 24.3 Å². The summed E-state index contributed by atoms with van der Waals surface area (Å²) in [5.74, 6) is -0.806. The van der Waals surface area contributed by atoms with Gasteiger partial charge >= 0.3 is 24.6 Å². The van der Waals surface area contributed by atoms with Crippen LogP contribution in [0.4, 0.5) is 30.9 Å². The first-order valence-corrected chi connectivity index (χ1v) is 19.2. The highest BCUT2D eigenvalue weighted by Gasteiger charge is 2.51. The van der Waals surface area contributed by atoms with Gasteiger partial charge in [0.25, 0.3) is 0 Å². The summed E-state index contributed by atoms with van der Waals surface area (Å²) in [6.45, 7) is 19.9. The normalized spacial score (nSPS) is 18.8. The van der Waals surface area contributed by atoms with Gasteiger partial charge in [0.15, 0.2) is 12.2 Å². The number of ether oxygens (including phenoxy) is 7. The number of nitrogens with one attached hydrogen (secondary N) is 1. The molecule has 18 heteroatoms. The lowest BCUT2D eigenvalue weighted by molar-refractivity contribution is -0.0907. The zero-order valence-corrected chi connectivity index (χ0v) is 35.7. The van der Waals surface area contributed by atoms with E-state index >= 15 is 0 Å². The van der Waals surface area contributed by atoms with Gasteiger partial charge < -0.3 is 38.5 Å². The molecule has 0 aliphatic heterocycles. The largest absolute Gasteiger partial charge is 0.509 e. The number of anilines is 2. The molecule has 16 nitrogen and oxygen atoms in total. The van der Waals surface area contributed by atoms with Crippen LogP contribution in [-0.4, -0.2) is 93.8 Å². The number of nitrogens with zero attached hydrogens (tertiary/aromatic N) is 4. The van der Waals surface area contributed by atoms with E-state index in [-0.39, 0.29) is 35.5 Å². The van der Waals surface area contributed by atoms with Gasteiger partial charge in [0, 0.05) is 13.0 Å². The molecule has 1 aliphatic rings. The van der Waals surface area contributed by atoms with Crippen molar-refractivity contribution in [1.29, 1.82) is 0 Å². The lowest BCUT2D eigenvalue weighted by Gasteiger charge is -2.29. The standard InChI is InChI=1S/C38H52ClN5O11S/c1-35(2,3)52-31(45)44(13)30-42-27(39)24(29-41-21-16-14-15-17-23(21)56-29)28(43-30)40-22-18-20(19-49-32(46)53-36(4,5)6)25(50-33(47)54-37(7,8)9)26(22)51-34(48)55-38(10,11)12/h14-17,20,22,25-26H,18-19H2,1-13H3,(H,40,42,43)/t20-,22-,25-,26+/m1/s1. The second-order valence-corrected chi connectivity index (χ2v) is 18.6. The summed E-state index contributed by atoms with van der Waals surface area (Å²) in [6, 6.07) is 6.56. The highest BCUT2D eigenvalue weighted by atomic mass is 35.5. The molecule has 56 heavy (non-hydrogen) atoms. The molecule has 1 aromatic carbocycles. The van der Waals surface area contributed by atoms with Crippen molar-refractivity contribution in [1.82, 2.24) is 15.0 Å². The maximum atomic E-state index is 13.3. The molecule has 0 bridgehead atoms. The average Bonchev–Trinajstić information content (AvgIpc) is 3.56. The number of carbonyl (C=O) groups is 4. The van der Waals surface area contributed by atoms with Gasteiger partial charge in [0.05, 0.1) is 21.8 Å². The van der Waals surface area contributed by atoms with Crippen LogP contribution >= 0.6 is 22.9 Å². The highest BCUT2D eigenvalue weighted by Crippen LogP contribution is 2.42. The summed E-state index contributed by atoms with van der Waals surface area (Å²) in [4.78, 5) is 67.4. The maximum Gasteiger partial charge on any atom is 0.509 e. The van der Waals surface area contributed by atoms with Crippen LogP contribution in [0, 0.1) is 5.92 Å². The van der Waals surface area contributed by atoms with Crippen LogP contribution < -0.4 is 10.2 Å². The summed E-state index contributed by atoms with van der Waals surface area (Å²) >= 11 is 8.25. The van der Waals surface area contributed by atoms with E-state index in [0.717, 1.165) is 9.60 Å². The summed E-state index contributed by atoms with van der Waals surface area (Å²) in [7, 11) is 1.43. The molecule has 0 saturated heterocycles. The van der Waals surface area contributed by atoms with Crippen LogP contribution in [0.15, 0.2) is 24.3 Å². The van der Waals surface area contributed by atoms with Crippen LogP contribution in [0.3, 0.4) is 0 Å². The second-order valence-electron chi connectivity index (χ2n) is 17.2. The Labute approximate surface area is 335 Å². The molecule has 2 aromatic heterocycles. The third kappa shape index (κ3) is 12.7. The van der Waals surface area contributed by atoms with Gasteiger partial charge in [-0.05, 0) is 102 Å². The lowest BCUT2D eigenvalue weighted by atomic mass is 10.1. The van der Waals surface area contributed by atoms with Crippen molar-refractivity contribution in [3.05, 3.63) is 29.4 Å². The third-order valence-electron chi connectivity index (χ3n) is 7.44. The van der Waals surface area contributed by atoms with E-state index in [1.54, 1.807) is 83.1 Å². The Balaban J connectivity index is 1.84. The van der Waals surface area contributed by atoms with Crippen LogP contribution in [0.1, 0.15) is 89.5 Å². The van der Waals surface area contributed by atoms with Gasteiger partial charge in [-0.25, -0.2) is 29.1 Å².